The normalized spacial score (nSPS) is 11.5. The summed E-state index contributed by atoms with van der Waals surface area (Å²) < 4.78 is 36.3. The summed E-state index contributed by atoms with van der Waals surface area (Å²) in [5, 5.41) is 2.31. The van der Waals surface area contributed by atoms with Crippen molar-refractivity contribution >= 4 is 17.6 Å². The van der Waals surface area contributed by atoms with Crippen molar-refractivity contribution in [1.29, 1.82) is 0 Å². The lowest BCUT2D eigenvalue weighted by atomic mass is 10.2. The van der Waals surface area contributed by atoms with Gasteiger partial charge in [0.05, 0.1) is 0 Å². The molecule has 0 fully saturated rings. The summed E-state index contributed by atoms with van der Waals surface area (Å²) in [6.45, 7) is 1.18. The number of para-hydroxylation sites is 1. The van der Waals surface area contributed by atoms with Crippen LogP contribution in [0.25, 0.3) is 0 Å². The van der Waals surface area contributed by atoms with E-state index < -0.39 is 36.2 Å². The summed E-state index contributed by atoms with van der Waals surface area (Å²) in [5.74, 6) is -2.95. The van der Waals surface area contributed by atoms with E-state index in [2.05, 4.69) is 5.32 Å². The number of hydrogen-bond acceptors (Lipinski definition) is 4. The van der Waals surface area contributed by atoms with Crippen LogP contribution in [-0.2, 0) is 14.3 Å². The van der Waals surface area contributed by atoms with Crippen molar-refractivity contribution in [3.63, 3.8) is 0 Å². The molecule has 1 amide bonds. The molecule has 2 aromatic carbocycles. The predicted molar refractivity (Wildman–Crippen MR) is 87.1 cm³/mol. The van der Waals surface area contributed by atoms with Crippen LogP contribution in [0.4, 0.5) is 14.5 Å². The minimum atomic E-state index is -1.09. The Kier molecular flexibility index (Phi) is 6.45. The van der Waals surface area contributed by atoms with E-state index in [9.17, 15) is 18.4 Å². The Balaban J connectivity index is 1.84. The van der Waals surface area contributed by atoms with E-state index in [-0.39, 0.29) is 5.69 Å². The summed E-state index contributed by atoms with van der Waals surface area (Å²) in [5.41, 5.74) is 0.0625. The highest BCUT2D eigenvalue weighted by Gasteiger charge is 2.21. The first-order valence-corrected chi connectivity index (χ1v) is 7.63. The van der Waals surface area contributed by atoms with Crippen molar-refractivity contribution in [2.24, 2.45) is 0 Å². The number of ether oxygens (including phenoxy) is 2. The molecule has 132 valence electrons. The highest BCUT2D eigenvalue weighted by molar-refractivity contribution is 5.93. The number of nitrogens with one attached hydrogen (secondary N) is 1. The number of halogens is 2. The number of carbonyl (C=O) groups excluding carboxylic acids is 2. The van der Waals surface area contributed by atoms with Crippen molar-refractivity contribution < 1.29 is 27.8 Å². The summed E-state index contributed by atoms with van der Waals surface area (Å²) in [6.07, 6.45) is -0.489. The zero-order chi connectivity index (χ0) is 18.2. The maximum absolute atomic E-state index is 13.1. The molecular formula is C18H17F2NO4. The molecule has 0 saturated carbocycles. The zero-order valence-electron chi connectivity index (χ0n) is 13.5. The molecular weight excluding hydrogens is 332 g/mol. The number of esters is 1. The topological polar surface area (TPSA) is 64.6 Å². The Bertz CT molecular complexity index is 737. The molecule has 0 saturated heterocycles. The molecule has 1 atom stereocenters. The van der Waals surface area contributed by atoms with Crippen LogP contribution in [0.5, 0.6) is 5.75 Å². The number of rotatable bonds is 7. The maximum Gasteiger partial charge on any atom is 0.347 e. The van der Waals surface area contributed by atoms with E-state index in [1.165, 1.54) is 6.07 Å². The predicted octanol–water partition coefficient (Wildman–Crippen LogP) is 3.30. The Hall–Kier alpha value is -2.96. The summed E-state index contributed by atoms with van der Waals surface area (Å²) in [7, 11) is 0. The standard InChI is InChI=1S/C18H17F2NO4/c1-2-16(25-13-6-4-3-5-7-13)18(23)24-11-17(22)21-12-8-9-14(19)15(20)10-12/h3-10,16H,2,11H2,1H3,(H,21,22)/t16-/m0/s1. The van der Waals surface area contributed by atoms with E-state index >= 15 is 0 Å². The van der Waals surface area contributed by atoms with Gasteiger partial charge in [-0.25, -0.2) is 13.6 Å². The minimum absolute atomic E-state index is 0.0625. The van der Waals surface area contributed by atoms with Gasteiger partial charge in [0.25, 0.3) is 5.91 Å². The molecule has 0 radical (unpaired) electrons. The first-order valence-electron chi connectivity index (χ1n) is 7.63. The fourth-order valence-corrected chi connectivity index (χ4v) is 1.96. The van der Waals surface area contributed by atoms with Gasteiger partial charge in [0.2, 0.25) is 0 Å². The van der Waals surface area contributed by atoms with Crippen LogP contribution in [0.2, 0.25) is 0 Å². The van der Waals surface area contributed by atoms with Gasteiger partial charge < -0.3 is 14.8 Å². The molecule has 7 heteroatoms. The van der Waals surface area contributed by atoms with Gasteiger partial charge in [-0.15, -0.1) is 0 Å². The molecule has 0 aromatic heterocycles. The number of carbonyl (C=O) groups is 2. The molecule has 0 aliphatic heterocycles. The Morgan fingerprint density at radius 2 is 1.80 bits per heavy atom. The van der Waals surface area contributed by atoms with Crippen LogP contribution < -0.4 is 10.1 Å². The van der Waals surface area contributed by atoms with Gasteiger partial charge >= 0.3 is 5.97 Å². The van der Waals surface area contributed by atoms with Crippen molar-refractivity contribution in [2.75, 3.05) is 11.9 Å². The van der Waals surface area contributed by atoms with E-state index in [0.29, 0.717) is 12.2 Å². The van der Waals surface area contributed by atoms with Crippen molar-refractivity contribution in [3.05, 3.63) is 60.2 Å². The Morgan fingerprint density at radius 1 is 1.08 bits per heavy atom. The lowest BCUT2D eigenvalue weighted by Crippen LogP contribution is -2.31. The van der Waals surface area contributed by atoms with Crippen molar-refractivity contribution in [2.45, 2.75) is 19.4 Å². The second kappa shape index (κ2) is 8.77. The molecule has 2 aromatic rings. The summed E-state index contributed by atoms with van der Waals surface area (Å²) in [4.78, 5) is 23.7. The van der Waals surface area contributed by atoms with Crippen LogP contribution in [0.3, 0.4) is 0 Å². The third-order valence-corrected chi connectivity index (χ3v) is 3.20. The SMILES string of the molecule is CC[C@H](Oc1ccccc1)C(=O)OCC(=O)Nc1ccc(F)c(F)c1. The molecule has 0 heterocycles. The van der Waals surface area contributed by atoms with E-state index in [0.717, 1.165) is 12.1 Å². The average molecular weight is 349 g/mol. The summed E-state index contributed by atoms with van der Waals surface area (Å²) >= 11 is 0. The molecule has 0 bridgehead atoms. The monoisotopic (exact) mass is 349 g/mol. The molecule has 0 unspecified atom stereocenters. The van der Waals surface area contributed by atoms with Gasteiger partial charge in [-0.2, -0.15) is 0 Å². The highest BCUT2D eigenvalue weighted by Crippen LogP contribution is 2.14. The van der Waals surface area contributed by atoms with Crippen LogP contribution in [0.15, 0.2) is 48.5 Å². The van der Waals surface area contributed by atoms with Gasteiger partial charge in [0.1, 0.15) is 5.75 Å². The van der Waals surface area contributed by atoms with Gasteiger partial charge in [0, 0.05) is 11.8 Å². The zero-order valence-corrected chi connectivity index (χ0v) is 13.5. The van der Waals surface area contributed by atoms with Crippen LogP contribution in [0.1, 0.15) is 13.3 Å². The van der Waals surface area contributed by atoms with Crippen LogP contribution in [0, 0.1) is 11.6 Å². The third-order valence-electron chi connectivity index (χ3n) is 3.20. The number of hydrogen-bond donors (Lipinski definition) is 1. The first kappa shape index (κ1) is 18.4. The van der Waals surface area contributed by atoms with E-state index in [4.69, 9.17) is 9.47 Å². The second-order valence-electron chi connectivity index (χ2n) is 5.11. The number of anilines is 1. The second-order valence-corrected chi connectivity index (χ2v) is 5.11. The summed E-state index contributed by atoms with van der Waals surface area (Å²) in [6, 6.07) is 11.7. The van der Waals surface area contributed by atoms with E-state index in [1.54, 1.807) is 31.2 Å². The van der Waals surface area contributed by atoms with Crippen LogP contribution >= 0.6 is 0 Å². The largest absolute Gasteiger partial charge is 0.479 e. The Morgan fingerprint density at radius 3 is 2.44 bits per heavy atom. The third kappa shape index (κ3) is 5.56. The van der Waals surface area contributed by atoms with Gasteiger partial charge in [0.15, 0.2) is 24.3 Å². The minimum Gasteiger partial charge on any atom is -0.479 e. The number of benzene rings is 2. The lowest BCUT2D eigenvalue weighted by Gasteiger charge is -2.16. The van der Waals surface area contributed by atoms with Gasteiger partial charge in [-0.1, -0.05) is 25.1 Å². The quantitative estimate of drug-likeness (QED) is 0.779. The smallest absolute Gasteiger partial charge is 0.347 e. The van der Waals surface area contributed by atoms with Gasteiger partial charge in [-0.3, -0.25) is 4.79 Å². The first-order chi connectivity index (χ1) is 12.0. The molecule has 1 N–H and O–H groups in total. The molecule has 2 rings (SSSR count). The maximum atomic E-state index is 13.1. The van der Waals surface area contributed by atoms with E-state index in [1.807, 2.05) is 6.07 Å². The van der Waals surface area contributed by atoms with Crippen molar-refractivity contribution in [1.82, 2.24) is 0 Å². The molecule has 0 aliphatic rings. The Labute approximate surface area is 143 Å². The fourth-order valence-electron chi connectivity index (χ4n) is 1.96. The van der Waals surface area contributed by atoms with Gasteiger partial charge in [-0.05, 0) is 30.7 Å². The fraction of sp³-hybridized carbons (Fsp3) is 0.222. The number of amides is 1. The molecule has 0 aliphatic carbocycles. The highest BCUT2D eigenvalue weighted by atomic mass is 19.2. The molecule has 0 spiro atoms. The van der Waals surface area contributed by atoms with Crippen LogP contribution in [-0.4, -0.2) is 24.6 Å². The molecule has 5 nitrogen and oxygen atoms in total. The molecule has 25 heavy (non-hydrogen) atoms. The average Bonchev–Trinajstić information content (AvgIpc) is 2.61. The lowest BCUT2D eigenvalue weighted by molar-refractivity contribution is -0.154. The van der Waals surface area contributed by atoms with Crippen molar-refractivity contribution in [3.8, 4) is 5.75 Å².